The number of hydrogen-bond acceptors (Lipinski definition) is 7. The zero-order chi connectivity index (χ0) is 14.7. The zero-order valence-electron chi connectivity index (χ0n) is 10.3. The van der Waals surface area contributed by atoms with Gasteiger partial charge in [0.05, 0.1) is 21.5 Å². The smallest absolute Gasteiger partial charge is 0.269 e. The molecule has 0 bridgehead atoms. The normalized spacial score (nSPS) is 12.1. The van der Waals surface area contributed by atoms with E-state index in [1.165, 1.54) is 35.6 Å². The number of ketones is 1. The number of benzene rings is 1. The van der Waals surface area contributed by atoms with Crippen molar-refractivity contribution in [2.45, 2.75) is 11.3 Å². The molecule has 0 spiro atoms. The number of hydrogen-bond donors (Lipinski definition) is 0. The van der Waals surface area contributed by atoms with Crippen LogP contribution in [0.4, 0.5) is 5.69 Å². The largest absolute Gasteiger partial charge is 0.293 e. The van der Waals surface area contributed by atoms with Crippen LogP contribution < -0.4 is 0 Å². The number of carbonyl (C=O) groups is 1. The topological polar surface area (TPSA) is 103 Å². The van der Waals surface area contributed by atoms with Gasteiger partial charge in [-0.2, -0.15) is 0 Å². The van der Waals surface area contributed by atoms with E-state index in [1.54, 1.807) is 6.92 Å². The third-order valence-corrected chi connectivity index (χ3v) is 4.80. The van der Waals surface area contributed by atoms with Crippen LogP contribution in [0.3, 0.4) is 0 Å². The van der Waals surface area contributed by atoms with E-state index in [-0.39, 0.29) is 22.8 Å². The Kier molecular flexibility index (Phi) is 4.30. The molecule has 1 unspecified atom stereocenters. The van der Waals surface area contributed by atoms with E-state index >= 15 is 0 Å². The summed E-state index contributed by atoms with van der Waals surface area (Å²) in [6, 6.07) is 5.18. The second-order valence-corrected chi connectivity index (χ2v) is 6.61. The van der Waals surface area contributed by atoms with Gasteiger partial charge in [-0.3, -0.25) is 19.1 Å². The molecule has 1 aromatic carbocycles. The first-order chi connectivity index (χ1) is 9.47. The van der Waals surface area contributed by atoms with E-state index in [2.05, 4.69) is 10.2 Å². The summed E-state index contributed by atoms with van der Waals surface area (Å²) in [5, 5.41) is 18.6. The first kappa shape index (κ1) is 14.4. The molecule has 0 N–H and O–H groups in total. The molecule has 1 aromatic heterocycles. The second-order valence-electron chi connectivity index (χ2n) is 3.80. The minimum Gasteiger partial charge on any atom is -0.293 e. The Labute approximate surface area is 120 Å². The summed E-state index contributed by atoms with van der Waals surface area (Å²) in [7, 11) is -1.55. The van der Waals surface area contributed by atoms with Gasteiger partial charge in [0, 0.05) is 17.7 Å². The fraction of sp³-hybridized carbons (Fsp3) is 0.182. The van der Waals surface area contributed by atoms with E-state index in [0.29, 0.717) is 9.35 Å². The molecule has 9 heteroatoms. The molecule has 20 heavy (non-hydrogen) atoms. The third-order valence-electron chi connectivity index (χ3n) is 2.36. The Morgan fingerprint density at radius 2 is 2.00 bits per heavy atom. The van der Waals surface area contributed by atoms with Crippen molar-refractivity contribution in [1.82, 2.24) is 10.2 Å². The van der Waals surface area contributed by atoms with Crippen molar-refractivity contribution in [2.75, 3.05) is 5.75 Å². The Morgan fingerprint density at radius 1 is 1.35 bits per heavy atom. The number of non-ortho nitro benzene ring substituents is 1. The van der Waals surface area contributed by atoms with Gasteiger partial charge in [0.15, 0.2) is 5.78 Å². The van der Waals surface area contributed by atoms with Crippen molar-refractivity contribution in [3.8, 4) is 0 Å². The van der Waals surface area contributed by atoms with Gasteiger partial charge in [-0.1, -0.05) is 11.3 Å². The molecule has 0 saturated carbocycles. The molecule has 0 radical (unpaired) electrons. The highest BCUT2D eigenvalue weighted by Crippen LogP contribution is 2.16. The van der Waals surface area contributed by atoms with Crippen LogP contribution in [0.15, 0.2) is 28.6 Å². The molecule has 0 aliphatic carbocycles. The SMILES string of the molecule is Cc1nnc(S(=O)CC(=O)c2ccc([N+](=O)[O-])cc2)s1. The quantitative estimate of drug-likeness (QED) is 0.473. The molecular formula is C11H9N3O4S2. The highest BCUT2D eigenvalue weighted by Gasteiger charge is 2.16. The van der Waals surface area contributed by atoms with Crippen molar-refractivity contribution in [3.05, 3.63) is 45.0 Å². The number of rotatable bonds is 5. The van der Waals surface area contributed by atoms with E-state index < -0.39 is 15.7 Å². The Morgan fingerprint density at radius 3 is 2.50 bits per heavy atom. The third kappa shape index (κ3) is 3.31. The molecule has 1 atom stereocenters. The van der Waals surface area contributed by atoms with Crippen LogP contribution in [0.1, 0.15) is 15.4 Å². The van der Waals surface area contributed by atoms with Crippen LogP contribution in [0.25, 0.3) is 0 Å². The molecule has 2 rings (SSSR count). The van der Waals surface area contributed by atoms with Gasteiger partial charge < -0.3 is 0 Å². The van der Waals surface area contributed by atoms with Crippen LogP contribution in [-0.2, 0) is 10.8 Å². The molecular weight excluding hydrogens is 302 g/mol. The maximum absolute atomic E-state index is 11.9. The summed E-state index contributed by atoms with van der Waals surface area (Å²) in [5.41, 5.74) is 0.188. The van der Waals surface area contributed by atoms with Gasteiger partial charge in [-0.25, -0.2) is 0 Å². The molecule has 7 nitrogen and oxygen atoms in total. The molecule has 0 saturated heterocycles. The highest BCUT2D eigenvalue weighted by molar-refractivity contribution is 7.87. The van der Waals surface area contributed by atoms with Crippen LogP contribution in [0, 0.1) is 17.0 Å². The Bertz CT molecular complexity index is 681. The Hall–Kier alpha value is -2.00. The van der Waals surface area contributed by atoms with E-state index in [1.807, 2.05) is 0 Å². The molecule has 1 heterocycles. The number of nitrogens with zero attached hydrogens (tertiary/aromatic N) is 3. The summed E-state index contributed by atoms with van der Waals surface area (Å²) in [6.07, 6.45) is 0. The molecule has 2 aromatic rings. The van der Waals surface area contributed by atoms with Crippen LogP contribution >= 0.6 is 11.3 Å². The molecule has 0 aliphatic rings. The lowest BCUT2D eigenvalue weighted by Gasteiger charge is -1.99. The lowest BCUT2D eigenvalue weighted by molar-refractivity contribution is -0.384. The standard InChI is InChI=1S/C11H9N3O4S2/c1-7-12-13-11(19-7)20(18)6-10(15)8-2-4-9(5-3-8)14(16)17/h2-5H,6H2,1H3. The fourth-order valence-corrected chi connectivity index (χ4v) is 3.39. The summed E-state index contributed by atoms with van der Waals surface area (Å²) < 4.78 is 12.2. The number of Topliss-reactive ketones (excluding diaryl/α,β-unsaturated/α-hetero) is 1. The average Bonchev–Trinajstić information content (AvgIpc) is 2.85. The fourth-order valence-electron chi connectivity index (χ4n) is 1.40. The van der Waals surface area contributed by atoms with Gasteiger partial charge in [-0.15, -0.1) is 10.2 Å². The minimum absolute atomic E-state index is 0.0950. The monoisotopic (exact) mass is 311 g/mol. The predicted molar refractivity (Wildman–Crippen MR) is 73.3 cm³/mol. The van der Waals surface area contributed by atoms with Crippen LogP contribution in [0.2, 0.25) is 0 Å². The van der Waals surface area contributed by atoms with Crippen molar-refractivity contribution in [1.29, 1.82) is 0 Å². The number of aromatic nitrogens is 2. The predicted octanol–water partition coefficient (Wildman–Crippen LogP) is 1.75. The van der Waals surface area contributed by atoms with Crippen molar-refractivity contribution >= 4 is 33.6 Å². The molecule has 0 fully saturated rings. The first-order valence-electron chi connectivity index (χ1n) is 5.43. The van der Waals surface area contributed by atoms with Crippen LogP contribution in [0.5, 0.6) is 0 Å². The highest BCUT2D eigenvalue weighted by atomic mass is 32.2. The minimum atomic E-state index is -1.55. The lowest BCUT2D eigenvalue weighted by Crippen LogP contribution is -2.11. The van der Waals surface area contributed by atoms with E-state index in [0.717, 1.165) is 0 Å². The lowest BCUT2D eigenvalue weighted by atomic mass is 10.1. The number of aryl methyl sites for hydroxylation is 1. The van der Waals surface area contributed by atoms with E-state index in [9.17, 15) is 19.1 Å². The van der Waals surface area contributed by atoms with Crippen molar-refractivity contribution < 1.29 is 13.9 Å². The molecule has 0 aliphatic heterocycles. The maximum Gasteiger partial charge on any atom is 0.269 e. The van der Waals surface area contributed by atoms with Gasteiger partial charge in [0.1, 0.15) is 5.01 Å². The summed E-state index contributed by atoms with van der Waals surface area (Å²) in [5.74, 6) is -0.571. The summed E-state index contributed by atoms with van der Waals surface area (Å²) in [4.78, 5) is 21.9. The maximum atomic E-state index is 11.9. The molecule has 0 amide bonds. The van der Waals surface area contributed by atoms with Crippen LogP contribution in [-0.4, -0.2) is 30.9 Å². The first-order valence-corrected chi connectivity index (χ1v) is 7.57. The van der Waals surface area contributed by atoms with Gasteiger partial charge in [-0.05, 0) is 19.1 Å². The van der Waals surface area contributed by atoms with Crippen molar-refractivity contribution in [3.63, 3.8) is 0 Å². The van der Waals surface area contributed by atoms with Gasteiger partial charge in [0.25, 0.3) is 5.69 Å². The van der Waals surface area contributed by atoms with Crippen molar-refractivity contribution in [2.24, 2.45) is 0 Å². The zero-order valence-corrected chi connectivity index (χ0v) is 11.9. The summed E-state index contributed by atoms with van der Waals surface area (Å²) in [6.45, 7) is 1.73. The van der Waals surface area contributed by atoms with E-state index in [4.69, 9.17) is 0 Å². The second kappa shape index (κ2) is 5.97. The Balaban J connectivity index is 2.08. The van der Waals surface area contributed by atoms with Gasteiger partial charge >= 0.3 is 0 Å². The summed E-state index contributed by atoms with van der Waals surface area (Å²) >= 11 is 1.18. The molecule has 104 valence electrons. The van der Waals surface area contributed by atoms with Gasteiger partial charge in [0.2, 0.25) is 4.34 Å². The average molecular weight is 311 g/mol. The number of nitro groups is 1. The number of nitro benzene ring substituents is 1. The number of carbonyl (C=O) groups excluding carboxylic acids is 1.